The van der Waals surface area contributed by atoms with Gasteiger partial charge in [-0.3, -0.25) is 0 Å². The van der Waals surface area contributed by atoms with E-state index < -0.39 is 8.07 Å². The molecule has 0 aliphatic heterocycles. The number of furan rings is 1. The fraction of sp³-hybridized carbons (Fsp3) is 0.625. The van der Waals surface area contributed by atoms with E-state index in [1.165, 1.54) is 0 Å². The first-order valence-corrected chi connectivity index (χ1v) is 10.3. The van der Waals surface area contributed by atoms with E-state index in [9.17, 15) is 0 Å². The van der Waals surface area contributed by atoms with Gasteiger partial charge in [0.25, 0.3) is 0 Å². The Kier molecular flexibility index (Phi) is 6.29. The van der Waals surface area contributed by atoms with E-state index in [1.807, 2.05) is 12.1 Å². The summed E-state index contributed by atoms with van der Waals surface area (Å²) in [6.07, 6.45) is 1.72. The summed E-state index contributed by atoms with van der Waals surface area (Å²) in [5.74, 6) is 1.85. The van der Waals surface area contributed by atoms with E-state index in [2.05, 4.69) is 52.3 Å². The van der Waals surface area contributed by atoms with Crippen LogP contribution < -0.4 is 0 Å². The molecule has 1 aromatic rings. The SMILES string of the molecule is CC(C)[Si](C#CSCc1ccco1)(C(C)C)C(C)C. The molecule has 0 saturated heterocycles. The first-order valence-electron chi connectivity index (χ1n) is 7.07. The fourth-order valence-corrected chi connectivity index (χ4v) is 9.30. The van der Waals surface area contributed by atoms with Crippen molar-refractivity contribution in [3.8, 4) is 10.8 Å². The minimum absolute atomic E-state index is 0.698. The van der Waals surface area contributed by atoms with Crippen molar-refractivity contribution in [2.75, 3.05) is 0 Å². The number of rotatable bonds is 5. The number of hydrogen-bond donors (Lipinski definition) is 0. The number of thioether (sulfide) groups is 1. The highest BCUT2D eigenvalue weighted by Crippen LogP contribution is 2.40. The number of hydrogen-bond acceptors (Lipinski definition) is 2. The van der Waals surface area contributed by atoms with Gasteiger partial charge in [0, 0.05) is 0 Å². The predicted octanol–water partition coefficient (Wildman–Crippen LogP) is 5.69. The van der Waals surface area contributed by atoms with Gasteiger partial charge in [-0.2, -0.15) is 0 Å². The lowest BCUT2D eigenvalue weighted by molar-refractivity contribution is 0.530. The van der Waals surface area contributed by atoms with Crippen LogP contribution in [0.25, 0.3) is 0 Å². The average Bonchev–Trinajstić information content (AvgIpc) is 2.80. The minimum Gasteiger partial charge on any atom is -0.468 e. The third-order valence-corrected chi connectivity index (χ3v) is 11.1. The fourth-order valence-electron chi connectivity index (χ4n) is 3.06. The molecule has 0 aliphatic carbocycles. The zero-order valence-corrected chi connectivity index (χ0v) is 14.8. The molecule has 0 atom stereocenters. The van der Waals surface area contributed by atoms with Crippen molar-refractivity contribution in [1.82, 2.24) is 0 Å². The highest BCUT2D eigenvalue weighted by Gasteiger charge is 2.41. The van der Waals surface area contributed by atoms with E-state index >= 15 is 0 Å². The smallest absolute Gasteiger partial charge is 0.147 e. The first kappa shape index (κ1) is 16.5. The molecule has 0 aliphatic rings. The molecule has 106 valence electrons. The highest BCUT2D eigenvalue weighted by molar-refractivity contribution is 8.03. The van der Waals surface area contributed by atoms with Crippen LogP contribution in [-0.4, -0.2) is 8.07 Å². The molecule has 0 bridgehead atoms. The van der Waals surface area contributed by atoms with Crippen molar-refractivity contribution in [2.45, 2.75) is 63.9 Å². The largest absolute Gasteiger partial charge is 0.468 e. The van der Waals surface area contributed by atoms with Crippen LogP contribution in [0.2, 0.25) is 16.6 Å². The summed E-state index contributed by atoms with van der Waals surface area (Å²) in [5.41, 5.74) is 5.80. The van der Waals surface area contributed by atoms with Gasteiger partial charge in [-0.05, 0) is 34.0 Å². The van der Waals surface area contributed by atoms with Gasteiger partial charge in [0.2, 0.25) is 0 Å². The zero-order chi connectivity index (χ0) is 14.5. The van der Waals surface area contributed by atoms with E-state index in [4.69, 9.17) is 4.42 Å². The van der Waals surface area contributed by atoms with E-state index in [0.29, 0.717) is 16.6 Å². The van der Waals surface area contributed by atoms with Gasteiger partial charge in [-0.25, -0.2) is 0 Å². The molecule has 0 N–H and O–H groups in total. The van der Waals surface area contributed by atoms with Crippen molar-refractivity contribution >= 4 is 19.8 Å². The summed E-state index contributed by atoms with van der Waals surface area (Å²) < 4.78 is 5.33. The maximum atomic E-state index is 5.33. The Balaban J connectivity index is 2.78. The van der Waals surface area contributed by atoms with E-state index in [1.54, 1.807) is 18.0 Å². The molecular weight excluding hydrogens is 268 g/mol. The monoisotopic (exact) mass is 294 g/mol. The summed E-state index contributed by atoms with van der Waals surface area (Å²) in [6.45, 7) is 14.1. The van der Waals surface area contributed by atoms with Gasteiger partial charge >= 0.3 is 0 Å². The van der Waals surface area contributed by atoms with Crippen LogP contribution in [0.1, 0.15) is 47.3 Å². The minimum atomic E-state index is -1.56. The normalized spacial score (nSPS) is 12.1. The first-order chi connectivity index (χ1) is 8.91. The zero-order valence-electron chi connectivity index (χ0n) is 13.0. The summed E-state index contributed by atoms with van der Waals surface area (Å²) in [6, 6.07) is 3.94. The highest BCUT2D eigenvalue weighted by atomic mass is 32.2. The maximum Gasteiger partial charge on any atom is 0.147 e. The van der Waals surface area contributed by atoms with Crippen LogP contribution in [0.5, 0.6) is 0 Å². The van der Waals surface area contributed by atoms with Crippen LogP contribution in [0.15, 0.2) is 22.8 Å². The topological polar surface area (TPSA) is 13.1 Å². The van der Waals surface area contributed by atoms with Crippen molar-refractivity contribution in [3.05, 3.63) is 24.2 Å². The van der Waals surface area contributed by atoms with Crippen molar-refractivity contribution in [1.29, 1.82) is 0 Å². The van der Waals surface area contributed by atoms with Crippen molar-refractivity contribution in [2.24, 2.45) is 0 Å². The second-order valence-corrected chi connectivity index (χ2v) is 12.4. The molecule has 0 aromatic carbocycles. The van der Waals surface area contributed by atoms with Crippen LogP contribution in [0, 0.1) is 10.8 Å². The van der Waals surface area contributed by atoms with E-state index in [0.717, 1.165) is 11.5 Å². The molecule has 0 amide bonds. The molecule has 19 heavy (non-hydrogen) atoms. The Hall–Kier alpha value is -0.593. The van der Waals surface area contributed by atoms with Gasteiger partial charge in [-0.1, -0.05) is 53.3 Å². The molecule has 3 heteroatoms. The van der Waals surface area contributed by atoms with Crippen LogP contribution in [0.3, 0.4) is 0 Å². The van der Waals surface area contributed by atoms with E-state index in [-0.39, 0.29) is 0 Å². The molecule has 1 rings (SSSR count). The maximum absolute atomic E-state index is 5.33. The third-order valence-electron chi connectivity index (χ3n) is 4.00. The summed E-state index contributed by atoms with van der Waals surface area (Å²) in [7, 11) is -1.56. The summed E-state index contributed by atoms with van der Waals surface area (Å²) in [5, 5.41) is 3.38. The molecule has 1 nitrogen and oxygen atoms in total. The van der Waals surface area contributed by atoms with Crippen LogP contribution in [-0.2, 0) is 5.75 Å². The quantitative estimate of drug-likeness (QED) is 0.511. The molecule has 0 radical (unpaired) electrons. The second kappa shape index (κ2) is 7.26. The molecule has 0 spiro atoms. The Labute approximate surface area is 123 Å². The predicted molar refractivity (Wildman–Crippen MR) is 88.8 cm³/mol. The molecule has 0 fully saturated rings. The molecule has 0 unspecified atom stereocenters. The summed E-state index contributed by atoms with van der Waals surface area (Å²) >= 11 is 1.67. The lowest BCUT2D eigenvalue weighted by Gasteiger charge is -2.37. The molecular formula is C16H26OSSi. The Bertz CT molecular complexity index is 402. The van der Waals surface area contributed by atoms with Crippen LogP contribution in [0.4, 0.5) is 0 Å². The Morgan fingerprint density at radius 3 is 2.11 bits per heavy atom. The van der Waals surface area contributed by atoms with Gasteiger partial charge in [0.05, 0.1) is 12.0 Å². The van der Waals surface area contributed by atoms with Gasteiger partial charge < -0.3 is 4.42 Å². The average molecular weight is 295 g/mol. The standard InChI is InChI=1S/C16H26OSSi/c1-13(2)19(14(3)4,15(5)6)11-10-18-12-16-8-7-9-17-16/h7-9,13-15H,12H2,1-6H3. The second-order valence-electron chi connectivity index (χ2n) is 5.99. The molecule has 1 aromatic heterocycles. The third kappa shape index (κ3) is 3.93. The lowest BCUT2D eigenvalue weighted by atomic mass is 10.5. The lowest BCUT2D eigenvalue weighted by Crippen LogP contribution is -2.43. The van der Waals surface area contributed by atoms with Gasteiger partial charge in [-0.15, -0.1) is 5.54 Å². The molecule has 1 heterocycles. The molecule has 0 saturated carbocycles. The summed E-state index contributed by atoms with van der Waals surface area (Å²) in [4.78, 5) is 0. The van der Waals surface area contributed by atoms with Crippen LogP contribution >= 0.6 is 11.8 Å². The van der Waals surface area contributed by atoms with Crippen molar-refractivity contribution in [3.63, 3.8) is 0 Å². The van der Waals surface area contributed by atoms with Crippen molar-refractivity contribution < 1.29 is 4.42 Å². The Morgan fingerprint density at radius 2 is 1.68 bits per heavy atom. The van der Waals surface area contributed by atoms with Gasteiger partial charge in [0.1, 0.15) is 13.8 Å². The Morgan fingerprint density at radius 1 is 1.11 bits per heavy atom. The van der Waals surface area contributed by atoms with Gasteiger partial charge in [0.15, 0.2) is 0 Å².